The third-order valence-corrected chi connectivity index (χ3v) is 13.6. The predicted molar refractivity (Wildman–Crippen MR) is 304 cm³/mol. The minimum atomic E-state index is -0.984. The third kappa shape index (κ3) is 14.3. The van der Waals surface area contributed by atoms with Gasteiger partial charge in [-0.15, -0.1) is 0 Å². The zero-order chi connectivity index (χ0) is 60.2. The minimum absolute atomic E-state index is 0.00328. The number of piperazine rings is 2. The average molecular weight is 1190 g/mol. The first-order valence-corrected chi connectivity index (χ1v) is 26.7. The van der Waals surface area contributed by atoms with E-state index in [1.54, 1.807) is 74.2 Å². The number of fused-ring (bicyclic) bond motifs is 2. The Hall–Kier alpha value is -7.09. The first kappa shape index (κ1) is 63.1. The van der Waals surface area contributed by atoms with Crippen LogP contribution in [0.4, 0.5) is 35.4 Å². The maximum Gasteiger partial charge on any atom is 0.410 e. The summed E-state index contributed by atoms with van der Waals surface area (Å²) in [6, 6.07) is 14.8. The molecule has 27 heteroatoms. The molecule has 2 atom stereocenters. The topological polar surface area (TPSA) is 271 Å². The molecule has 0 aliphatic carbocycles. The molecule has 436 valence electrons. The number of nitrogens with one attached hydrogen (secondary N) is 1. The van der Waals surface area contributed by atoms with Gasteiger partial charge in [-0.2, -0.15) is 0 Å². The van der Waals surface area contributed by atoms with Crippen molar-refractivity contribution in [2.75, 3.05) is 57.4 Å². The van der Waals surface area contributed by atoms with Gasteiger partial charge in [-0.3, -0.25) is 39.0 Å². The summed E-state index contributed by atoms with van der Waals surface area (Å²) in [6.07, 6.45) is -0.910. The van der Waals surface area contributed by atoms with Crippen LogP contribution >= 0.6 is 34.8 Å². The molecule has 0 saturated carbocycles. The number of aromatic nitrogens is 4. The van der Waals surface area contributed by atoms with Crippen LogP contribution in [0.25, 0.3) is 33.4 Å². The van der Waals surface area contributed by atoms with Crippen LogP contribution in [0.3, 0.4) is 0 Å². The molecule has 2 saturated heterocycles. The minimum Gasteiger partial charge on any atom is -0.444 e. The van der Waals surface area contributed by atoms with E-state index in [4.69, 9.17) is 49.4 Å². The van der Waals surface area contributed by atoms with Crippen LogP contribution in [-0.2, 0) is 9.47 Å². The zero-order valence-corrected chi connectivity index (χ0v) is 48.4. The molecule has 4 aromatic heterocycles. The summed E-state index contributed by atoms with van der Waals surface area (Å²) < 4.78 is 41.6. The number of rotatable bonds is 9. The Balaban J connectivity index is 0.000000219. The summed E-state index contributed by atoms with van der Waals surface area (Å²) in [4.78, 5) is 85.9. The molecule has 6 aromatic rings. The summed E-state index contributed by atoms with van der Waals surface area (Å²) in [5.41, 5.74) is -2.91. The molecule has 2 amide bonds. The number of hydrogen-bond acceptors (Lipinski definition) is 16. The van der Waals surface area contributed by atoms with Crippen LogP contribution in [0, 0.1) is 31.9 Å². The van der Waals surface area contributed by atoms with Gasteiger partial charge < -0.3 is 39.7 Å². The Bertz CT molecular complexity index is 3500. The zero-order valence-electron chi connectivity index (χ0n) is 46.1. The van der Waals surface area contributed by atoms with Crippen molar-refractivity contribution in [2.24, 2.45) is 0 Å². The Morgan fingerprint density at radius 3 is 1.59 bits per heavy atom. The molecule has 8 rings (SSSR count). The summed E-state index contributed by atoms with van der Waals surface area (Å²) >= 11 is 17.9. The monoisotopic (exact) mass is 1190 g/mol. The number of para-hydroxylation sites is 2. The number of aliphatic hydroxyl groups is 2. The quantitative estimate of drug-likeness (QED) is 0.0690. The first-order chi connectivity index (χ1) is 37.9. The number of carbonyl (C=O) groups is 2. The highest BCUT2D eigenvalue weighted by Crippen LogP contribution is 2.39. The number of aliphatic hydroxyl groups excluding tert-OH is 2. The van der Waals surface area contributed by atoms with Crippen LogP contribution < -0.4 is 21.3 Å². The predicted octanol–water partition coefficient (Wildman–Crippen LogP) is 9.68. The van der Waals surface area contributed by atoms with E-state index in [-0.39, 0.29) is 78.0 Å². The lowest BCUT2D eigenvalue weighted by molar-refractivity contribution is -0.386. The lowest BCUT2D eigenvalue weighted by atomic mass is 10.0. The molecular formula is C54H63Cl3F2N10O12. The second kappa shape index (κ2) is 25.8. The van der Waals surface area contributed by atoms with Gasteiger partial charge in [-0.25, -0.2) is 28.3 Å². The van der Waals surface area contributed by atoms with Crippen molar-refractivity contribution >= 4 is 86.1 Å². The summed E-state index contributed by atoms with van der Waals surface area (Å²) in [6.45, 7) is 19.7. The van der Waals surface area contributed by atoms with Crippen LogP contribution in [0.1, 0.15) is 92.2 Å². The van der Waals surface area contributed by atoms with E-state index in [1.165, 1.54) is 9.80 Å². The number of hydrogen-bond donors (Lipinski definition) is 3. The first-order valence-electron chi connectivity index (χ1n) is 25.6. The van der Waals surface area contributed by atoms with Crippen molar-refractivity contribution < 1.29 is 47.9 Å². The second-order valence-corrected chi connectivity index (χ2v) is 22.7. The van der Waals surface area contributed by atoms with Gasteiger partial charge in [0, 0.05) is 50.7 Å². The molecule has 0 spiro atoms. The fraction of sp³-hybridized carbons (Fsp3) is 0.444. The number of anilines is 1. The third-order valence-electron chi connectivity index (χ3n) is 12.7. The number of nitrogens with zero attached hydrogens (tertiary/aromatic N) is 9. The molecule has 0 unspecified atom stereocenters. The summed E-state index contributed by atoms with van der Waals surface area (Å²) in [7, 11) is 0. The van der Waals surface area contributed by atoms with E-state index in [0.717, 1.165) is 32.4 Å². The van der Waals surface area contributed by atoms with Gasteiger partial charge in [-0.05, 0) is 88.8 Å². The van der Waals surface area contributed by atoms with Crippen LogP contribution in [0.5, 0.6) is 0 Å². The van der Waals surface area contributed by atoms with Crippen molar-refractivity contribution in [3.05, 3.63) is 140 Å². The van der Waals surface area contributed by atoms with E-state index < -0.39 is 89.2 Å². The molecule has 2 aliphatic rings. The van der Waals surface area contributed by atoms with Crippen molar-refractivity contribution in [1.82, 2.24) is 34.2 Å². The van der Waals surface area contributed by atoms with Gasteiger partial charge in [0.05, 0.1) is 45.9 Å². The second-order valence-electron chi connectivity index (χ2n) is 21.6. The molecule has 2 fully saturated rings. The standard InChI is InChI=1S/C27H31ClFN5O6.C17H12Cl2FN3O3.C10H20N2O3/c1-15(2)17-8-6-7-9-20(17)33-24-18(12-19(29)23(28)30-24)21(22(25(33)36)34(38)39)32-11-10-31(13-16(32)14-35)26(37)40-27(3,4)5;1-8(2)9-5-3-4-6-12(9)22-16-10(7-11(20)15(19)21-16)13(18)14(17(22)24)23(25)26;1-10(2,3)15-9(14)12-5-4-11-8(6-12)7-13/h6-9,12,15-16,35H,10-11,13-14H2,1-5H3;3-8H,1-2H3;8,11,13H,4-7H2,1-3H3/t16-;;8-/m1.1/s1. The number of amides is 2. The Morgan fingerprint density at radius 2 is 1.15 bits per heavy atom. The molecule has 6 heterocycles. The Morgan fingerprint density at radius 1 is 0.704 bits per heavy atom. The fourth-order valence-electron chi connectivity index (χ4n) is 9.10. The van der Waals surface area contributed by atoms with E-state index in [1.807, 2.05) is 48.5 Å². The fourth-order valence-corrected chi connectivity index (χ4v) is 9.66. The number of nitro groups is 2. The summed E-state index contributed by atoms with van der Waals surface area (Å²) in [5.74, 6) is -1.87. The maximum absolute atomic E-state index is 14.9. The number of halogens is 5. The van der Waals surface area contributed by atoms with Gasteiger partial charge in [-0.1, -0.05) is 98.9 Å². The molecule has 0 radical (unpaired) electrons. The molecule has 22 nitrogen and oxygen atoms in total. The summed E-state index contributed by atoms with van der Waals surface area (Å²) in [5, 5.41) is 44.7. The Labute approximate surface area is 479 Å². The van der Waals surface area contributed by atoms with E-state index in [2.05, 4.69) is 15.3 Å². The van der Waals surface area contributed by atoms with E-state index in [0.29, 0.717) is 31.0 Å². The molecule has 81 heavy (non-hydrogen) atoms. The lowest BCUT2D eigenvalue weighted by Gasteiger charge is -2.42. The van der Waals surface area contributed by atoms with Gasteiger partial charge in [0.1, 0.15) is 21.9 Å². The number of benzene rings is 2. The van der Waals surface area contributed by atoms with E-state index in [9.17, 15) is 53.3 Å². The highest BCUT2D eigenvalue weighted by molar-refractivity contribution is 6.37. The molecule has 3 N–H and O–H groups in total. The van der Waals surface area contributed by atoms with Gasteiger partial charge in [0.25, 0.3) is 0 Å². The highest BCUT2D eigenvalue weighted by atomic mass is 35.5. The SMILES string of the molecule is CC(C)(C)OC(=O)N1CCN[C@@H](CO)C1.CC(C)c1ccccc1-n1c(=O)c([N+](=O)[O-])c(Cl)c2cc(F)c(Cl)nc21.CC(C)c1ccccc1-n1c(=O)c([N+](=O)[O-])c(N2CCN(C(=O)OC(C)(C)C)C[C@@H]2CO)c2cc(F)c(Cl)nc21. The van der Waals surface area contributed by atoms with E-state index >= 15 is 0 Å². The van der Waals surface area contributed by atoms with Crippen molar-refractivity contribution in [3.63, 3.8) is 0 Å². The largest absolute Gasteiger partial charge is 0.444 e. The van der Waals surface area contributed by atoms with Crippen LogP contribution in [0.15, 0.2) is 70.3 Å². The number of ether oxygens (including phenoxy) is 2. The van der Waals surface area contributed by atoms with Crippen molar-refractivity contribution in [2.45, 2.75) is 104 Å². The van der Waals surface area contributed by atoms with Crippen LogP contribution in [0.2, 0.25) is 15.3 Å². The van der Waals surface area contributed by atoms with Gasteiger partial charge >= 0.3 is 34.7 Å². The molecule has 2 aromatic carbocycles. The Kier molecular flexibility index (Phi) is 20.1. The smallest absolute Gasteiger partial charge is 0.410 e. The highest BCUT2D eigenvalue weighted by Gasteiger charge is 2.39. The lowest BCUT2D eigenvalue weighted by Crippen LogP contribution is -2.57. The van der Waals surface area contributed by atoms with Crippen molar-refractivity contribution in [1.29, 1.82) is 0 Å². The molecular weight excluding hydrogens is 1130 g/mol. The molecule has 2 aliphatic heterocycles. The van der Waals surface area contributed by atoms with Crippen molar-refractivity contribution in [3.8, 4) is 11.4 Å². The van der Waals surface area contributed by atoms with Gasteiger partial charge in [0.15, 0.2) is 33.2 Å². The maximum atomic E-state index is 14.9. The average Bonchev–Trinajstić information content (AvgIpc) is 3.43. The number of pyridine rings is 4. The number of carbonyl (C=O) groups excluding carboxylic acids is 2. The van der Waals surface area contributed by atoms with Gasteiger partial charge in [0.2, 0.25) is 0 Å². The molecule has 0 bridgehead atoms. The normalized spacial score (nSPS) is 15.8. The van der Waals surface area contributed by atoms with Crippen LogP contribution in [-0.4, -0.2) is 137 Å².